The van der Waals surface area contributed by atoms with Gasteiger partial charge in [-0.15, -0.1) is 0 Å². The molecule has 1 atom stereocenters. The average molecular weight is 230 g/mol. The fourth-order valence-corrected chi connectivity index (χ4v) is 1.96. The largest absolute Gasteiger partial charge is 0.304 e. The molecule has 0 aromatic carbocycles. The van der Waals surface area contributed by atoms with Gasteiger partial charge in [-0.2, -0.15) is 5.10 Å². The van der Waals surface area contributed by atoms with E-state index in [0.717, 1.165) is 24.5 Å². The second kappa shape index (κ2) is 5.59. The Morgan fingerprint density at radius 1 is 1.24 bits per heavy atom. The van der Waals surface area contributed by atoms with Crippen molar-refractivity contribution in [2.24, 2.45) is 0 Å². The summed E-state index contributed by atoms with van der Waals surface area (Å²) in [5, 5.41) is 7.76. The minimum Gasteiger partial charge on any atom is -0.304 e. The van der Waals surface area contributed by atoms with E-state index in [4.69, 9.17) is 0 Å². The summed E-state index contributed by atoms with van der Waals surface area (Å²) in [6.45, 7) is 5.97. The van der Waals surface area contributed by atoms with Crippen LogP contribution in [0.15, 0.2) is 36.7 Å². The number of hydrogen-bond donors (Lipinski definition) is 1. The molecule has 0 aliphatic carbocycles. The molecule has 0 amide bonds. The van der Waals surface area contributed by atoms with Crippen LogP contribution in [0.2, 0.25) is 0 Å². The smallest absolute Gasteiger partial charge is 0.0921 e. The molecule has 2 heterocycles. The lowest BCUT2D eigenvalue weighted by Gasteiger charge is -2.18. The second-order valence-corrected chi connectivity index (χ2v) is 3.82. The number of pyridine rings is 1. The van der Waals surface area contributed by atoms with Crippen molar-refractivity contribution in [1.29, 1.82) is 0 Å². The highest BCUT2D eigenvalue weighted by atomic mass is 15.3. The number of nitrogens with one attached hydrogen (secondary N) is 1. The molecule has 0 saturated carbocycles. The van der Waals surface area contributed by atoms with Crippen LogP contribution in [0.1, 0.15) is 31.3 Å². The molecule has 2 aromatic heterocycles. The van der Waals surface area contributed by atoms with Crippen LogP contribution in [0.5, 0.6) is 0 Å². The van der Waals surface area contributed by atoms with E-state index >= 15 is 0 Å². The Morgan fingerprint density at radius 3 is 2.76 bits per heavy atom. The Balaban J connectivity index is 2.36. The van der Waals surface area contributed by atoms with Crippen LogP contribution in [0.3, 0.4) is 0 Å². The highest BCUT2D eigenvalue weighted by Gasteiger charge is 2.17. The Hall–Kier alpha value is -1.68. The lowest BCUT2D eigenvalue weighted by molar-refractivity contribution is 0.534. The molecule has 0 aliphatic heterocycles. The Labute approximate surface area is 102 Å². The van der Waals surface area contributed by atoms with Gasteiger partial charge in [-0.3, -0.25) is 9.67 Å². The van der Waals surface area contributed by atoms with Gasteiger partial charge in [-0.1, -0.05) is 13.0 Å². The summed E-state index contributed by atoms with van der Waals surface area (Å²) < 4.78 is 2.00. The molecule has 1 N–H and O–H groups in total. The van der Waals surface area contributed by atoms with Gasteiger partial charge < -0.3 is 5.32 Å². The van der Waals surface area contributed by atoms with E-state index < -0.39 is 0 Å². The van der Waals surface area contributed by atoms with Gasteiger partial charge in [-0.05, 0) is 31.7 Å². The summed E-state index contributed by atoms with van der Waals surface area (Å²) in [4.78, 5) is 4.43. The van der Waals surface area contributed by atoms with Crippen molar-refractivity contribution in [3.8, 4) is 0 Å². The van der Waals surface area contributed by atoms with Gasteiger partial charge in [0, 0.05) is 18.9 Å². The van der Waals surface area contributed by atoms with Crippen molar-refractivity contribution in [2.45, 2.75) is 26.4 Å². The Morgan fingerprint density at radius 2 is 2.12 bits per heavy atom. The third-order valence-corrected chi connectivity index (χ3v) is 2.74. The number of aromatic nitrogens is 3. The summed E-state index contributed by atoms with van der Waals surface area (Å²) >= 11 is 0. The predicted molar refractivity (Wildman–Crippen MR) is 67.7 cm³/mol. The zero-order valence-electron chi connectivity index (χ0n) is 10.3. The molecule has 17 heavy (non-hydrogen) atoms. The Bertz CT molecular complexity index is 449. The maximum atomic E-state index is 4.43. The molecular weight excluding hydrogens is 212 g/mol. The van der Waals surface area contributed by atoms with Crippen LogP contribution in [0, 0.1) is 0 Å². The topological polar surface area (TPSA) is 42.7 Å². The summed E-state index contributed by atoms with van der Waals surface area (Å²) in [6, 6.07) is 8.15. The molecule has 4 heteroatoms. The fraction of sp³-hybridized carbons (Fsp3) is 0.385. The molecule has 0 bridgehead atoms. The zero-order valence-corrected chi connectivity index (χ0v) is 10.3. The van der Waals surface area contributed by atoms with Crippen molar-refractivity contribution >= 4 is 0 Å². The lowest BCUT2D eigenvalue weighted by Crippen LogP contribution is -2.25. The van der Waals surface area contributed by atoms with Crippen LogP contribution in [0.25, 0.3) is 0 Å². The molecule has 4 nitrogen and oxygen atoms in total. The molecule has 1 unspecified atom stereocenters. The third kappa shape index (κ3) is 2.53. The number of hydrogen-bond acceptors (Lipinski definition) is 3. The number of rotatable bonds is 5. The van der Waals surface area contributed by atoms with Crippen molar-refractivity contribution < 1.29 is 0 Å². The monoisotopic (exact) mass is 230 g/mol. The van der Waals surface area contributed by atoms with Gasteiger partial charge in [-0.25, -0.2) is 0 Å². The van der Waals surface area contributed by atoms with Gasteiger partial charge in [0.15, 0.2) is 0 Å². The average Bonchev–Trinajstić information content (AvgIpc) is 2.85. The van der Waals surface area contributed by atoms with Gasteiger partial charge in [0.25, 0.3) is 0 Å². The summed E-state index contributed by atoms with van der Waals surface area (Å²) in [6.07, 6.45) is 3.67. The van der Waals surface area contributed by atoms with Crippen LogP contribution in [-0.4, -0.2) is 21.3 Å². The van der Waals surface area contributed by atoms with E-state index in [0.29, 0.717) is 0 Å². The maximum absolute atomic E-state index is 4.43. The standard InChI is InChI=1S/C13H18N4/c1-3-14-13(11-7-5-6-9-15-11)12-8-10-16-17(12)4-2/h5-10,13-14H,3-4H2,1-2H3. The van der Waals surface area contributed by atoms with Crippen LogP contribution in [0.4, 0.5) is 0 Å². The minimum atomic E-state index is 0.114. The maximum Gasteiger partial charge on any atom is 0.0921 e. The first kappa shape index (κ1) is 11.8. The van der Waals surface area contributed by atoms with Gasteiger partial charge in [0.1, 0.15) is 0 Å². The van der Waals surface area contributed by atoms with Crippen molar-refractivity contribution in [1.82, 2.24) is 20.1 Å². The first-order valence-corrected chi connectivity index (χ1v) is 6.02. The van der Waals surface area contributed by atoms with Crippen molar-refractivity contribution in [2.75, 3.05) is 6.54 Å². The molecule has 0 aliphatic rings. The van der Waals surface area contributed by atoms with E-state index in [2.05, 4.69) is 29.2 Å². The minimum absolute atomic E-state index is 0.114. The molecule has 90 valence electrons. The van der Waals surface area contributed by atoms with Crippen LogP contribution in [-0.2, 0) is 6.54 Å². The molecule has 2 rings (SSSR count). The molecule has 0 radical (unpaired) electrons. The number of nitrogens with zero attached hydrogens (tertiary/aromatic N) is 3. The van der Waals surface area contributed by atoms with Crippen LogP contribution >= 0.6 is 0 Å². The van der Waals surface area contributed by atoms with E-state index in [9.17, 15) is 0 Å². The van der Waals surface area contributed by atoms with Crippen LogP contribution < -0.4 is 5.32 Å². The molecule has 0 saturated heterocycles. The number of aryl methyl sites for hydroxylation is 1. The second-order valence-electron chi connectivity index (χ2n) is 3.82. The normalized spacial score (nSPS) is 12.6. The van der Waals surface area contributed by atoms with E-state index in [1.54, 1.807) is 0 Å². The fourth-order valence-electron chi connectivity index (χ4n) is 1.96. The van der Waals surface area contributed by atoms with Gasteiger partial charge >= 0.3 is 0 Å². The van der Waals surface area contributed by atoms with Gasteiger partial charge in [0.2, 0.25) is 0 Å². The van der Waals surface area contributed by atoms with E-state index in [1.807, 2.05) is 41.3 Å². The summed E-state index contributed by atoms with van der Waals surface area (Å²) in [5.41, 5.74) is 2.19. The lowest BCUT2D eigenvalue weighted by atomic mass is 10.1. The summed E-state index contributed by atoms with van der Waals surface area (Å²) in [7, 11) is 0. The SMILES string of the molecule is CCNC(c1ccccn1)c1ccnn1CC. The summed E-state index contributed by atoms with van der Waals surface area (Å²) in [5.74, 6) is 0. The first-order chi connectivity index (χ1) is 8.36. The van der Waals surface area contributed by atoms with E-state index in [1.165, 1.54) is 0 Å². The third-order valence-electron chi connectivity index (χ3n) is 2.74. The highest BCUT2D eigenvalue weighted by molar-refractivity contribution is 5.21. The van der Waals surface area contributed by atoms with Crippen molar-refractivity contribution in [3.05, 3.63) is 48.0 Å². The molecule has 0 spiro atoms. The molecule has 2 aromatic rings. The van der Waals surface area contributed by atoms with E-state index in [-0.39, 0.29) is 6.04 Å². The molecular formula is C13H18N4. The quantitative estimate of drug-likeness (QED) is 0.854. The zero-order chi connectivity index (χ0) is 12.1. The highest BCUT2D eigenvalue weighted by Crippen LogP contribution is 2.19. The Kier molecular flexibility index (Phi) is 3.88. The van der Waals surface area contributed by atoms with Crippen molar-refractivity contribution in [3.63, 3.8) is 0 Å². The molecule has 0 fully saturated rings. The van der Waals surface area contributed by atoms with Gasteiger partial charge in [0.05, 0.1) is 17.4 Å². The predicted octanol–water partition coefficient (Wildman–Crippen LogP) is 2.00. The first-order valence-electron chi connectivity index (χ1n) is 6.02.